The lowest BCUT2D eigenvalue weighted by atomic mass is 10.0. The van der Waals surface area contributed by atoms with Gasteiger partial charge in [-0.15, -0.1) is 11.6 Å². The Kier molecular flexibility index (Phi) is 15.4. The van der Waals surface area contributed by atoms with E-state index in [4.69, 9.17) is 11.6 Å². The van der Waals surface area contributed by atoms with Crippen molar-refractivity contribution in [1.29, 1.82) is 0 Å². The summed E-state index contributed by atoms with van der Waals surface area (Å²) in [6, 6.07) is 15.5. The second-order valence-corrected chi connectivity index (χ2v) is 5.98. The maximum atomic E-state index is 11.3. The predicted molar refractivity (Wildman–Crippen MR) is 119 cm³/mol. The van der Waals surface area contributed by atoms with Gasteiger partial charge in [-0.1, -0.05) is 44.5 Å². The van der Waals surface area contributed by atoms with Gasteiger partial charge in [0, 0.05) is 25.0 Å². The van der Waals surface area contributed by atoms with E-state index < -0.39 is 0 Å². The van der Waals surface area contributed by atoms with Gasteiger partial charge >= 0.3 is 5.97 Å². The summed E-state index contributed by atoms with van der Waals surface area (Å²) in [4.78, 5) is 21.0. The second kappa shape index (κ2) is 16.8. The number of ether oxygens (including phenoxy) is 1. The number of hydrogen-bond donors (Lipinski definition) is 1. The lowest BCUT2D eigenvalue weighted by Crippen LogP contribution is -2.00. The second-order valence-electron chi connectivity index (χ2n) is 5.60. The van der Waals surface area contributed by atoms with Gasteiger partial charge in [0.05, 0.1) is 12.7 Å². The number of aldehydes is 1. The van der Waals surface area contributed by atoms with Crippen LogP contribution in [0.15, 0.2) is 48.5 Å². The Morgan fingerprint density at radius 1 is 0.964 bits per heavy atom. The Morgan fingerprint density at radius 3 is 1.93 bits per heavy atom. The van der Waals surface area contributed by atoms with Crippen LogP contribution in [0.4, 0.5) is 5.69 Å². The number of carbonyl (C=O) groups excluding carboxylic acids is 2. The number of hydrogen-bond acceptors (Lipinski definition) is 4. The molecule has 0 aliphatic carbocycles. The fraction of sp³-hybridized carbons (Fsp3) is 0.391. The van der Waals surface area contributed by atoms with Gasteiger partial charge in [0.15, 0.2) is 0 Å². The first-order chi connectivity index (χ1) is 13.7. The predicted octanol–water partition coefficient (Wildman–Crippen LogP) is 6.19. The molecule has 0 heterocycles. The summed E-state index contributed by atoms with van der Waals surface area (Å²) in [5.41, 5.74) is 3.83. The summed E-state index contributed by atoms with van der Waals surface area (Å²) in [6.45, 7) is 4.00. The zero-order valence-electron chi connectivity index (χ0n) is 17.3. The van der Waals surface area contributed by atoms with Crippen LogP contribution in [0, 0.1) is 0 Å². The molecule has 0 amide bonds. The third-order valence-corrected chi connectivity index (χ3v) is 4.04. The van der Waals surface area contributed by atoms with Crippen LogP contribution in [0.3, 0.4) is 0 Å². The number of rotatable bonds is 8. The number of methoxy groups -OCH3 is 1. The monoisotopic (exact) mass is 405 g/mol. The summed E-state index contributed by atoms with van der Waals surface area (Å²) >= 11 is 5.39. The molecule has 0 spiro atoms. The first-order valence-electron chi connectivity index (χ1n) is 9.62. The Morgan fingerprint density at radius 2 is 1.50 bits per heavy atom. The van der Waals surface area contributed by atoms with Crippen molar-refractivity contribution in [2.24, 2.45) is 0 Å². The van der Waals surface area contributed by atoms with Crippen molar-refractivity contribution in [3.05, 3.63) is 54.1 Å². The normalized spacial score (nSPS) is 9.18. The van der Waals surface area contributed by atoms with Crippen molar-refractivity contribution in [2.45, 2.75) is 39.5 Å². The largest absolute Gasteiger partial charge is 0.465 e. The summed E-state index contributed by atoms with van der Waals surface area (Å²) in [6.07, 6.45) is 4.76. The van der Waals surface area contributed by atoms with Crippen LogP contribution in [0.25, 0.3) is 11.1 Å². The molecular formula is C23H32ClNO3. The Bertz CT molecular complexity index is 655. The van der Waals surface area contributed by atoms with E-state index in [0.29, 0.717) is 12.0 Å². The van der Waals surface area contributed by atoms with E-state index in [-0.39, 0.29) is 5.97 Å². The molecule has 0 saturated heterocycles. The van der Waals surface area contributed by atoms with Crippen LogP contribution in [0.2, 0.25) is 0 Å². The molecule has 0 aliphatic heterocycles. The molecule has 0 saturated carbocycles. The maximum absolute atomic E-state index is 11.3. The highest BCUT2D eigenvalue weighted by molar-refractivity contribution is 6.17. The van der Waals surface area contributed by atoms with Crippen molar-refractivity contribution in [3.63, 3.8) is 0 Å². The smallest absolute Gasteiger partial charge is 0.337 e. The zero-order chi connectivity index (χ0) is 21.2. The van der Waals surface area contributed by atoms with Crippen molar-refractivity contribution in [2.75, 3.05) is 25.4 Å². The Balaban J connectivity index is 0.000000618. The number of anilines is 1. The fourth-order valence-corrected chi connectivity index (χ4v) is 2.43. The van der Waals surface area contributed by atoms with Crippen molar-refractivity contribution in [3.8, 4) is 11.1 Å². The van der Waals surface area contributed by atoms with Crippen LogP contribution in [0.1, 0.15) is 49.9 Å². The summed E-state index contributed by atoms with van der Waals surface area (Å²) in [5, 5.41) is 3.08. The first-order valence-corrected chi connectivity index (χ1v) is 10.2. The van der Waals surface area contributed by atoms with Crippen molar-refractivity contribution in [1.82, 2.24) is 0 Å². The quantitative estimate of drug-likeness (QED) is 0.246. The van der Waals surface area contributed by atoms with E-state index in [2.05, 4.69) is 10.1 Å². The van der Waals surface area contributed by atoms with Gasteiger partial charge in [0.1, 0.15) is 6.29 Å². The molecule has 2 rings (SSSR count). The average molecular weight is 406 g/mol. The van der Waals surface area contributed by atoms with E-state index in [9.17, 15) is 9.59 Å². The molecule has 0 bridgehead atoms. The van der Waals surface area contributed by atoms with Gasteiger partial charge < -0.3 is 14.8 Å². The van der Waals surface area contributed by atoms with E-state index in [0.717, 1.165) is 48.2 Å². The number of halogens is 1. The number of esters is 1. The van der Waals surface area contributed by atoms with Crippen LogP contribution in [-0.4, -0.2) is 32.3 Å². The lowest BCUT2D eigenvalue weighted by Gasteiger charge is -2.05. The topological polar surface area (TPSA) is 55.4 Å². The maximum Gasteiger partial charge on any atom is 0.337 e. The molecule has 28 heavy (non-hydrogen) atoms. The van der Waals surface area contributed by atoms with E-state index in [1.807, 2.05) is 57.3 Å². The molecule has 0 aromatic heterocycles. The van der Waals surface area contributed by atoms with Gasteiger partial charge in [-0.25, -0.2) is 4.79 Å². The lowest BCUT2D eigenvalue weighted by molar-refractivity contribution is -0.107. The molecule has 154 valence electrons. The van der Waals surface area contributed by atoms with E-state index in [1.165, 1.54) is 7.11 Å². The minimum atomic E-state index is -0.313. The van der Waals surface area contributed by atoms with Gasteiger partial charge in [-0.2, -0.15) is 0 Å². The molecule has 2 aromatic rings. The Labute approximate surface area is 174 Å². The SMILES string of the molecule is CC.CNc1ccc(-c2ccc(C(=O)OC)cc2)cc1.O=CCCCCCCl. The minimum absolute atomic E-state index is 0.313. The van der Waals surface area contributed by atoms with Crippen LogP contribution >= 0.6 is 11.6 Å². The summed E-state index contributed by atoms with van der Waals surface area (Å²) < 4.78 is 4.66. The molecule has 0 unspecified atom stereocenters. The molecule has 0 aliphatic rings. The number of carbonyl (C=O) groups is 2. The number of unbranched alkanes of at least 4 members (excludes halogenated alkanes) is 3. The number of nitrogens with one attached hydrogen (secondary N) is 1. The van der Waals surface area contributed by atoms with Gasteiger partial charge in [0.25, 0.3) is 0 Å². The molecule has 0 atom stereocenters. The summed E-state index contributed by atoms with van der Waals surface area (Å²) in [7, 11) is 3.27. The Hall–Kier alpha value is -2.33. The van der Waals surface area contributed by atoms with E-state index >= 15 is 0 Å². The van der Waals surface area contributed by atoms with Crippen molar-refractivity contribution < 1.29 is 14.3 Å². The van der Waals surface area contributed by atoms with Gasteiger partial charge in [0.2, 0.25) is 0 Å². The summed E-state index contributed by atoms with van der Waals surface area (Å²) in [5.74, 6) is 0.408. The highest BCUT2D eigenvalue weighted by atomic mass is 35.5. The molecule has 2 aromatic carbocycles. The highest BCUT2D eigenvalue weighted by Gasteiger charge is 2.05. The zero-order valence-corrected chi connectivity index (χ0v) is 18.1. The third-order valence-electron chi connectivity index (χ3n) is 3.77. The standard InChI is InChI=1S/C15H15NO2.C6H11ClO.C2H6/c1-16-14-9-7-12(8-10-14)11-3-5-13(6-4-11)15(17)18-2;7-5-3-1-2-4-6-8;1-2/h3-10,16H,1-2H3;6H,1-5H2;1-2H3. The number of benzene rings is 2. The molecule has 4 nitrogen and oxygen atoms in total. The molecule has 0 fully saturated rings. The molecule has 1 N–H and O–H groups in total. The highest BCUT2D eigenvalue weighted by Crippen LogP contribution is 2.21. The van der Waals surface area contributed by atoms with Crippen LogP contribution < -0.4 is 5.32 Å². The molecule has 5 heteroatoms. The molecule has 0 radical (unpaired) electrons. The van der Waals surface area contributed by atoms with Gasteiger partial charge in [-0.3, -0.25) is 0 Å². The van der Waals surface area contributed by atoms with Gasteiger partial charge in [-0.05, 0) is 48.2 Å². The van der Waals surface area contributed by atoms with Crippen molar-refractivity contribution >= 4 is 29.5 Å². The molecular weight excluding hydrogens is 374 g/mol. The fourth-order valence-electron chi connectivity index (χ4n) is 2.24. The van der Waals surface area contributed by atoms with E-state index in [1.54, 1.807) is 12.1 Å². The number of alkyl halides is 1. The minimum Gasteiger partial charge on any atom is -0.465 e. The van der Waals surface area contributed by atoms with Crippen LogP contribution in [-0.2, 0) is 9.53 Å². The van der Waals surface area contributed by atoms with Crippen LogP contribution in [0.5, 0.6) is 0 Å². The third kappa shape index (κ3) is 10.1. The first kappa shape index (κ1) is 25.7. The average Bonchev–Trinajstić information content (AvgIpc) is 2.78.